The van der Waals surface area contributed by atoms with Crippen LogP contribution >= 0.6 is 0 Å². The molecule has 0 atom stereocenters. The molecule has 0 heterocycles. The first-order valence-electron chi connectivity index (χ1n) is 4.27. The Morgan fingerprint density at radius 2 is 1.83 bits per heavy atom. The van der Waals surface area contributed by atoms with Crippen LogP contribution in [0.15, 0.2) is 0 Å². The molecule has 0 saturated carbocycles. The van der Waals surface area contributed by atoms with Crippen molar-refractivity contribution in [3.63, 3.8) is 0 Å². The summed E-state index contributed by atoms with van der Waals surface area (Å²) in [5, 5.41) is 2.87. The zero-order valence-corrected chi connectivity index (χ0v) is 8.77. The van der Waals surface area contributed by atoms with Crippen molar-refractivity contribution in [2.75, 3.05) is 27.2 Å². The Kier molecular flexibility index (Phi) is 4.24. The fourth-order valence-corrected chi connectivity index (χ4v) is 0.658. The van der Waals surface area contributed by atoms with Crippen molar-refractivity contribution in [1.82, 2.24) is 10.2 Å². The molecule has 72 valence electrons. The Bertz CT molecular complexity index is 147. The molecular weight excluding hydrogens is 152 g/mol. The molecular formula is C9H20N2O. The van der Waals surface area contributed by atoms with E-state index in [0.29, 0.717) is 0 Å². The van der Waals surface area contributed by atoms with Crippen molar-refractivity contribution in [2.24, 2.45) is 5.41 Å². The quantitative estimate of drug-likeness (QED) is 0.680. The van der Waals surface area contributed by atoms with E-state index < -0.39 is 0 Å². The van der Waals surface area contributed by atoms with Crippen molar-refractivity contribution < 1.29 is 4.79 Å². The number of hydrogen-bond acceptors (Lipinski definition) is 2. The molecule has 0 aliphatic rings. The summed E-state index contributed by atoms with van der Waals surface area (Å²) in [5.41, 5.74) is -0.272. The first kappa shape index (κ1) is 11.4. The van der Waals surface area contributed by atoms with Gasteiger partial charge in [0.2, 0.25) is 5.91 Å². The van der Waals surface area contributed by atoms with Crippen LogP contribution in [-0.4, -0.2) is 38.0 Å². The van der Waals surface area contributed by atoms with Gasteiger partial charge in [-0.15, -0.1) is 0 Å². The van der Waals surface area contributed by atoms with E-state index in [1.54, 1.807) is 0 Å². The lowest BCUT2D eigenvalue weighted by molar-refractivity contribution is -0.128. The second kappa shape index (κ2) is 4.45. The van der Waals surface area contributed by atoms with Crippen molar-refractivity contribution >= 4 is 5.91 Å². The summed E-state index contributed by atoms with van der Waals surface area (Å²) in [4.78, 5) is 13.4. The number of likely N-dealkylation sites (N-methyl/N-ethyl adjacent to an activating group) is 1. The number of nitrogens with zero attached hydrogens (tertiary/aromatic N) is 1. The smallest absolute Gasteiger partial charge is 0.225 e. The Hall–Kier alpha value is -0.570. The van der Waals surface area contributed by atoms with E-state index in [-0.39, 0.29) is 11.3 Å². The Morgan fingerprint density at radius 1 is 1.33 bits per heavy atom. The van der Waals surface area contributed by atoms with E-state index in [4.69, 9.17) is 0 Å². The van der Waals surface area contributed by atoms with Gasteiger partial charge >= 0.3 is 0 Å². The number of rotatable bonds is 3. The zero-order valence-electron chi connectivity index (χ0n) is 8.77. The van der Waals surface area contributed by atoms with Crippen molar-refractivity contribution in [3.8, 4) is 0 Å². The predicted molar refractivity (Wildman–Crippen MR) is 51.0 cm³/mol. The Labute approximate surface area is 75.1 Å². The molecule has 1 amide bonds. The van der Waals surface area contributed by atoms with Crippen LogP contribution < -0.4 is 5.32 Å². The summed E-state index contributed by atoms with van der Waals surface area (Å²) in [7, 11) is 3.98. The van der Waals surface area contributed by atoms with Crippen LogP contribution in [0.5, 0.6) is 0 Å². The fraction of sp³-hybridized carbons (Fsp3) is 0.889. The van der Waals surface area contributed by atoms with Crippen LogP contribution in [-0.2, 0) is 4.79 Å². The second-order valence-corrected chi connectivity index (χ2v) is 4.31. The highest BCUT2D eigenvalue weighted by molar-refractivity contribution is 5.81. The van der Waals surface area contributed by atoms with Crippen molar-refractivity contribution in [2.45, 2.75) is 20.8 Å². The molecule has 1 N–H and O–H groups in total. The summed E-state index contributed by atoms with van der Waals surface area (Å²) >= 11 is 0. The van der Waals surface area contributed by atoms with E-state index in [1.807, 2.05) is 39.8 Å². The van der Waals surface area contributed by atoms with Gasteiger partial charge in [-0.2, -0.15) is 0 Å². The predicted octanol–water partition coefficient (Wildman–Crippen LogP) is 0.710. The highest BCUT2D eigenvalue weighted by atomic mass is 16.2. The summed E-state index contributed by atoms with van der Waals surface area (Å²) < 4.78 is 0. The molecule has 0 bridgehead atoms. The molecule has 0 aromatic rings. The van der Waals surface area contributed by atoms with Crippen LogP contribution in [0.4, 0.5) is 0 Å². The highest BCUT2D eigenvalue weighted by Crippen LogP contribution is 2.11. The van der Waals surface area contributed by atoms with E-state index in [9.17, 15) is 4.79 Å². The highest BCUT2D eigenvalue weighted by Gasteiger charge is 2.20. The minimum Gasteiger partial charge on any atom is -0.354 e. The Morgan fingerprint density at radius 3 is 2.17 bits per heavy atom. The molecule has 0 unspecified atom stereocenters. The third-order valence-electron chi connectivity index (χ3n) is 1.53. The molecule has 3 heteroatoms. The number of nitrogens with one attached hydrogen (secondary N) is 1. The average Bonchev–Trinajstić information content (AvgIpc) is 1.84. The van der Waals surface area contributed by atoms with E-state index in [0.717, 1.165) is 13.1 Å². The van der Waals surface area contributed by atoms with Gasteiger partial charge in [-0.05, 0) is 14.1 Å². The van der Waals surface area contributed by atoms with Gasteiger partial charge in [0.05, 0.1) is 0 Å². The molecule has 0 aliphatic carbocycles. The molecule has 12 heavy (non-hydrogen) atoms. The molecule has 0 rings (SSSR count). The number of hydrogen-bond donors (Lipinski definition) is 1. The molecule has 0 aliphatic heterocycles. The summed E-state index contributed by atoms with van der Waals surface area (Å²) in [6.07, 6.45) is 0. The van der Waals surface area contributed by atoms with Gasteiger partial charge in [0.15, 0.2) is 0 Å². The maximum Gasteiger partial charge on any atom is 0.225 e. The molecule has 3 nitrogen and oxygen atoms in total. The van der Waals surface area contributed by atoms with Gasteiger partial charge in [0.25, 0.3) is 0 Å². The van der Waals surface area contributed by atoms with Gasteiger partial charge < -0.3 is 10.2 Å². The lowest BCUT2D eigenvalue weighted by atomic mass is 9.96. The summed E-state index contributed by atoms with van der Waals surface area (Å²) in [6.45, 7) is 7.36. The average molecular weight is 172 g/mol. The fourth-order valence-electron chi connectivity index (χ4n) is 0.658. The third-order valence-corrected chi connectivity index (χ3v) is 1.53. The normalized spacial score (nSPS) is 11.8. The van der Waals surface area contributed by atoms with Crippen LogP contribution in [0.2, 0.25) is 0 Å². The SMILES string of the molecule is CN(C)CCNC(=O)C(C)(C)C. The lowest BCUT2D eigenvalue weighted by Gasteiger charge is -2.18. The monoisotopic (exact) mass is 172 g/mol. The molecule has 0 aromatic heterocycles. The van der Waals surface area contributed by atoms with E-state index in [2.05, 4.69) is 5.32 Å². The first-order chi connectivity index (χ1) is 5.34. The van der Waals surface area contributed by atoms with Gasteiger partial charge in [-0.1, -0.05) is 20.8 Å². The molecule has 0 fully saturated rings. The van der Waals surface area contributed by atoms with Crippen LogP contribution in [0.3, 0.4) is 0 Å². The number of amides is 1. The largest absolute Gasteiger partial charge is 0.354 e. The maximum atomic E-state index is 11.3. The lowest BCUT2D eigenvalue weighted by Crippen LogP contribution is -2.38. The first-order valence-corrected chi connectivity index (χ1v) is 4.27. The van der Waals surface area contributed by atoms with Crippen molar-refractivity contribution in [1.29, 1.82) is 0 Å². The third kappa shape index (κ3) is 5.13. The summed E-state index contributed by atoms with van der Waals surface area (Å²) in [5.74, 6) is 0.115. The minimum atomic E-state index is -0.272. The van der Waals surface area contributed by atoms with E-state index in [1.165, 1.54) is 0 Å². The van der Waals surface area contributed by atoms with E-state index >= 15 is 0 Å². The number of carbonyl (C=O) groups is 1. The van der Waals surface area contributed by atoms with Crippen LogP contribution in [0.1, 0.15) is 20.8 Å². The molecule has 0 saturated heterocycles. The van der Waals surface area contributed by atoms with Gasteiger partial charge in [0.1, 0.15) is 0 Å². The van der Waals surface area contributed by atoms with Gasteiger partial charge in [-0.25, -0.2) is 0 Å². The van der Waals surface area contributed by atoms with Crippen LogP contribution in [0.25, 0.3) is 0 Å². The minimum absolute atomic E-state index is 0.115. The summed E-state index contributed by atoms with van der Waals surface area (Å²) in [6, 6.07) is 0. The molecule has 0 spiro atoms. The topological polar surface area (TPSA) is 32.3 Å². The number of carbonyl (C=O) groups excluding carboxylic acids is 1. The Balaban J connectivity index is 3.59. The zero-order chi connectivity index (χ0) is 9.78. The van der Waals surface area contributed by atoms with Gasteiger partial charge in [-0.3, -0.25) is 4.79 Å². The van der Waals surface area contributed by atoms with Crippen LogP contribution in [0, 0.1) is 5.41 Å². The van der Waals surface area contributed by atoms with Gasteiger partial charge in [0, 0.05) is 18.5 Å². The standard InChI is InChI=1S/C9H20N2O/c1-9(2,3)8(12)10-6-7-11(4)5/h6-7H2,1-5H3,(H,10,12). The second-order valence-electron chi connectivity index (χ2n) is 4.31. The molecule has 0 aromatic carbocycles. The maximum absolute atomic E-state index is 11.3. The van der Waals surface area contributed by atoms with Crippen molar-refractivity contribution in [3.05, 3.63) is 0 Å². The molecule has 0 radical (unpaired) electrons.